The second-order valence-electron chi connectivity index (χ2n) is 8.46. The molecule has 1 unspecified atom stereocenters. The van der Waals surface area contributed by atoms with Crippen LogP contribution in [0.5, 0.6) is 0 Å². The highest BCUT2D eigenvalue weighted by atomic mass is 35.5. The monoisotopic (exact) mass is 452 g/mol. The number of halogens is 1. The van der Waals surface area contributed by atoms with Crippen molar-refractivity contribution in [3.8, 4) is 0 Å². The molecule has 1 amide bonds. The Morgan fingerprint density at radius 3 is 2.41 bits per heavy atom. The Morgan fingerprint density at radius 1 is 1.03 bits per heavy atom. The third kappa shape index (κ3) is 5.22. The summed E-state index contributed by atoms with van der Waals surface area (Å²) in [5, 5.41) is 0.622. The maximum absolute atomic E-state index is 13.3. The number of carbonyl (C=O) groups is 2. The molecule has 2 heterocycles. The first-order valence-electron chi connectivity index (χ1n) is 11.2. The average molecular weight is 453 g/mol. The van der Waals surface area contributed by atoms with Crippen molar-refractivity contribution in [2.24, 2.45) is 0 Å². The molecular formula is C26H29ClN2O3. The predicted molar refractivity (Wildman–Crippen MR) is 125 cm³/mol. The number of hydrogen-bond donors (Lipinski definition) is 0. The fourth-order valence-electron chi connectivity index (χ4n) is 4.58. The van der Waals surface area contributed by atoms with Crippen LogP contribution in [0.2, 0.25) is 5.02 Å². The van der Waals surface area contributed by atoms with Gasteiger partial charge in [-0.25, -0.2) is 4.79 Å². The van der Waals surface area contributed by atoms with Gasteiger partial charge in [-0.3, -0.25) is 4.79 Å². The van der Waals surface area contributed by atoms with Gasteiger partial charge in [0.1, 0.15) is 6.61 Å². The zero-order chi connectivity index (χ0) is 22.5. The van der Waals surface area contributed by atoms with Gasteiger partial charge < -0.3 is 14.5 Å². The molecule has 1 fully saturated rings. The minimum atomic E-state index is -0.370. The summed E-state index contributed by atoms with van der Waals surface area (Å²) in [6.45, 7) is 5.62. The minimum absolute atomic E-state index is 0.0428. The summed E-state index contributed by atoms with van der Waals surface area (Å²) in [5.74, 6) is -0.669. The summed E-state index contributed by atoms with van der Waals surface area (Å²) in [5.41, 5.74) is 3.08. The lowest BCUT2D eigenvalue weighted by Gasteiger charge is -2.35. The summed E-state index contributed by atoms with van der Waals surface area (Å²) in [6.07, 6.45) is 2.66. The molecule has 2 aliphatic rings. The van der Waals surface area contributed by atoms with Crippen LogP contribution in [-0.2, 0) is 20.9 Å². The molecule has 0 saturated carbocycles. The van der Waals surface area contributed by atoms with Crippen molar-refractivity contribution >= 4 is 23.5 Å². The molecule has 32 heavy (non-hydrogen) atoms. The van der Waals surface area contributed by atoms with E-state index in [2.05, 4.69) is 4.90 Å². The van der Waals surface area contributed by atoms with E-state index in [1.54, 1.807) is 17.0 Å². The molecule has 1 saturated heterocycles. The summed E-state index contributed by atoms with van der Waals surface area (Å²) in [6, 6.07) is 17.0. The minimum Gasteiger partial charge on any atom is -0.457 e. The number of amides is 1. The first kappa shape index (κ1) is 22.6. The third-order valence-electron chi connectivity index (χ3n) is 6.37. The van der Waals surface area contributed by atoms with Gasteiger partial charge in [-0.05, 0) is 56.1 Å². The second kappa shape index (κ2) is 10.3. The fourth-order valence-corrected chi connectivity index (χ4v) is 4.71. The highest BCUT2D eigenvalue weighted by Crippen LogP contribution is 2.37. The van der Waals surface area contributed by atoms with Gasteiger partial charge >= 0.3 is 5.97 Å². The smallest absolute Gasteiger partial charge is 0.336 e. The van der Waals surface area contributed by atoms with E-state index in [1.807, 2.05) is 49.4 Å². The van der Waals surface area contributed by atoms with Crippen molar-refractivity contribution in [1.82, 2.24) is 9.80 Å². The van der Waals surface area contributed by atoms with Gasteiger partial charge in [-0.1, -0.05) is 54.1 Å². The fraction of sp³-hybridized carbons (Fsp3) is 0.385. The molecule has 2 aromatic carbocycles. The Hall–Kier alpha value is -2.63. The third-order valence-corrected chi connectivity index (χ3v) is 6.62. The Kier molecular flexibility index (Phi) is 7.28. The van der Waals surface area contributed by atoms with Crippen molar-refractivity contribution < 1.29 is 14.3 Å². The van der Waals surface area contributed by atoms with E-state index in [0.717, 1.165) is 30.8 Å². The molecule has 0 aromatic heterocycles. The van der Waals surface area contributed by atoms with E-state index < -0.39 is 0 Å². The molecule has 0 bridgehead atoms. The Morgan fingerprint density at radius 2 is 1.72 bits per heavy atom. The number of ether oxygens (including phenoxy) is 1. The first-order valence-corrected chi connectivity index (χ1v) is 11.6. The van der Waals surface area contributed by atoms with E-state index in [-0.39, 0.29) is 30.8 Å². The van der Waals surface area contributed by atoms with Gasteiger partial charge in [0.2, 0.25) is 5.91 Å². The predicted octanol–water partition coefficient (Wildman–Crippen LogP) is 4.77. The lowest BCUT2D eigenvalue weighted by atomic mass is 9.83. The largest absolute Gasteiger partial charge is 0.457 e. The molecule has 0 radical (unpaired) electrons. The Bertz CT molecular complexity index is 982. The first-order chi connectivity index (χ1) is 15.5. The van der Waals surface area contributed by atoms with E-state index in [9.17, 15) is 9.59 Å². The van der Waals surface area contributed by atoms with E-state index in [1.165, 1.54) is 12.8 Å². The highest BCUT2D eigenvalue weighted by molar-refractivity contribution is 6.30. The Balaban J connectivity index is 1.59. The van der Waals surface area contributed by atoms with Gasteiger partial charge in [0.15, 0.2) is 0 Å². The molecule has 0 spiro atoms. The van der Waals surface area contributed by atoms with Crippen LogP contribution in [0.25, 0.3) is 0 Å². The number of hydrogen-bond acceptors (Lipinski definition) is 4. The van der Waals surface area contributed by atoms with E-state index in [0.29, 0.717) is 22.8 Å². The number of likely N-dealkylation sites (tertiary alicyclic amines) is 1. The van der Waals surface area contributed by atoms with Crippen LogP contribution in [0, 0.1) is 0 Å². The van der Waals surface area contributed by atoms with Gasteiger partial charge in [0, 0.05) is 36.1 Å². The quantitative estimate of drug-likeness (QED) is 0.568. The van der Waals surface area contributed by atoms with Gasteiger partial charge in [0.05, 0.1) is 5.57 Å². The van der Waals surface area contributed by atoms with Gasteiger partial charge in [0.25, 0.3) is 0 Å². The van der Waals surface area contributed by atoms with Crippen molar-refractivity contribution in [1.29, 1.82) is 0 Å². The average Bonchev–Trinajstić information content (AvgIpc) is 3.32. The summed E-state index contributed by atoms with van der Waals surface area (Å²) >= 11 is 6.07. The van der Waals surface area contributed by atoms with Crippen LogP contribution in [0.15, 0.2) is 65.9 Å². The number of carbonyl (C=O) groups excluding carboxylic acids is 2. The molecule has 6 heteroatoms. The van der Waals surface area contributed by atoms with Crippen LogP contribution in [-0.4, -0.2) is 47.9 Å². The van der Waals surface area contributed by atoms with Crippen molar-refractivity contribution in [2.75, 3.05) is 26.2 Å². The van der Waals surface area contributed by atoms with Crippen LogP contribution >= 0.6 is 11.6 Å². The topological polar surface area (TPSA) is 49.9 Å². The maximum atomic E-state index is 13.3. The summed E-state index contributed by atoms with van der Waals surface area (Å²) in [7, 11) is 0. The number of rotatable bonds is 7. The zero-order valence-corrected chi connectivity index (χ0v) is 19.2. The van der Waals surface area contributed by atoms with Gasteiger partial charge in [-0.2, -0.15) is 0 Å². The van der Waals surface area contributed by atoms with Crippen molar-refractivity contribution in [3.63, 3.8) is 0 Å². The molecule has 0 aliphatic carbocycles. The van der Waals surface area contributed by atoms with Gasteiger partial charge in [-0.15, -0.1) is 0 Å². The number of nitrogens with zero attached hydrogens (tertiary/aromatic N) is 2. The Labute approximate surface area is 194 Å². The maximum Gasteiger partial charge on any atom is 0.336 e. The summed E-state index contributed by atoms with van der Waals surface area (Å²) in [4.78, 5) is 30.5. The molecule has 1 atom stereocenters. The molecular weight excluding hydrogens is 424 g/mol. The normalized spacial score (nSPS) is 19.5. The SMILES string of the molecule is CC1=C(C(=O)OCc2ccccc2)C(c2ccc(Cl)cc2)CC(=O)N1CCN1CCCC1. The lowest BCUT2D eigenvalue weighted by molar-refractivity contribution is -0.141. The molecule has 2 aliphatic heterocycles. The second-order valence-corrected chi connectivity index (χ2v) is 8.90. The van der Waals surface area contributed by atoms with Crippen molar-refractivity contribution in [2.45, 2.75) is 38.7 Å². The zero-order valence-electron chi connectivity index (χ0n) is 18.4. The van der Waals surface area contributed by atoms with E-state index in [4.69, 9.17) is 16.3 Å². The van der Waals surface area contributed by atoms with Crippen molar-refractivity contribution in [3.05, 3.63) is 82.0 Å². The molecule has 4 rings (SSSR count). The molecule has 2 aromatic rings. The highest BCUT2D eigenvalue weighted by Gasteiger charge is 2.37. The summed E-state index contributed by atoms with van der Waals surface area (Å²) < 4.78 is 5.70. The molecule has 168 valence electrons. The standard InChI is InChI=1S/C26H29ClN2O3/c1-19-25(26(31)32-18-20-7-3-2-4-8-20)23(21-9-11-22(27)12-10-21)17-24(30)29(19)16-15-28-13-5-6-14-28/h2-4,7-12,23H,5-6,13-18H2,1H3. The molecule has 0 N–H and O–H groups in total. The number of benzene rings is 2. The lowest BCUT2D eigenvalue weighted by Crippen LogP contribution is -2.42. The van der Waals surface area contributed by atoms with Crippen LogP contribution in [0.1, 0.15) is 43.2 Å². The van der Waals surface area contributed by atoms with Crippen LogP contribution in [0.4, 0.5) is 0 Å². The van der Waals surface area contributed by atoms with Crippen LogP contribution < -0.4 is 0 Å². The number of allylic oxidation sites excluding steroid dienone is 1. The molecule has 5 nitrogen and oxygen atoms in total. The van der Waals surface area contributed by atoms with E-state index >= 15 is 0 Å². The number of esters is 1. The van der Waals surface area contributed by atoms with Crippen LogP contribution in [0.3, 0.4) is 0 Å².